The lowest BCUT2D eigenvalue weighted by atomic mass is 10.1. The minimum atomic E-state index is 0.407. The van der Waals surface area contributed by atoms with Gasteiger partial charge in [0.1, 0.15) is 5.56 Å². The van der Waals surface area contributed by atoms with Gasteiger partial charge in [-0.15, -0.1) is 11.3 Å². The Hall–Kier alpha value is -4.72. The van der Waals surface area contributed by atoms with E-state index in [1.807, 2.05) is 11.3 Å². The Balaban J connectivity index is 1.55. The quantitative estimate of drug-likeness (QED) is 0.131. The number of benzene rings is 4. The lowest BCUT2D eigenvalue weighted by molar-refractivity contribution is -0.634. The van der Waals surface area contributed by atoms with E-state index < -0.39 is 0 Å². The SMILES string of the molecule is C[n+]1c2n(c3ccccc31)[N+]13c4c(cccc4-2)Oc2ccc4sc5cccc6c7cccn1c7[n+](c4c23)c56. The van der Waals surface area contributed by atoms with Crippen LogP contribution in [0.4, 0.5) is 11.4 Å². The van der Waals surface area contributed by atoms with Crippen LogP contribution >= 0.6 is 11.3 Å². The molecule has 0 saturated heterocycles. The number of pyridine rings is 1. The third-order valence-electron chi connectivity index (χ3n) is 8.87. The molecule has 0 saturated carbocycles. The first kappa shape index (κ1) is 18.5. The van der Waals surface area contributed by atoms with Gasteiger partial charge in [0.05, 0.1) is 26.5 Å². The van der Waals surface area contributed by atoms with E-state index in [4.69, 9.17) is 4.74 Å². The molecule has 0 N–H and O–H groups in total. The molecule has 176 valence electrons. The highest BCUT2D eigenvalue weighted by Crippen LogP contribution is 2.63. The molecular formula is C31H18N5OS+3. The highest BCUT2D eigenvalue weighted by Gasteiger charge is 2.68. The van der Waals surface area contributed by atoms with Gasteiger partial charge in [0.15, 0.2) is 23.0 Å². The number of rotatable bonds is 0. The molecule has 8 aromatic rings. The third kappa shape index (κ3) is 1.61. The van der Waals surface area contributed by atoms with Gasteiger partial charge in [-0.2, -0.15) is 4.40 Å². The zero-order valence-corrected chi connectivity index (χ0v) is 21.0. The number of quaternary nitrogens is 1. The van der Waals surface area contributed by atoms with Crippen molar-refractivity contribution in [2.24, 2.45) is 7.05 Å². The molecule has 3 aliphatic heterocycles. The second-order valence-corrected chi connectivity index (χ2v) is 11.6. The number of hydrogen-bond acceptors (Lipinski definition) is 2. The van der Waals surface area contributed by atoms with Crippen LogP contribution < -0.4 is 18.4 Å². The Morgan fingerprint density at radius 1 is 0.763 bits per heavy atom. The molecule has 6 nitrogen and oxygen atoms in total. The molecule has 11 rings (SSSR count). The molecule has 38 heavy (non-hydrogen) atoms. The second kappa shape index (κ2) is 5.57. The summed E-state index contributed by atoms with van der Waals surface area (Å²) in [6, 6.07) is 30.8. The Labute approximate surface area is 219 Å². The van der Waals surface area contributed by atoms with Gasteiger partial charge in [-0.1, -0.05) is 24.3 Å². The summed E-state index contributed by atoms with van der Waals surface area (Å²) in [5.41, 5.74) is 9.63. The van der Waals surface area contributed by atoms with Crippen LogP contribution in [0, 0.1) is 0 Å². The second-order valence-electron chi connectivity index (χ2n) is 10.5. The molecule has 0 amide bonds. The van der Waals surface area contributed by atoms with Crippen molar-refractivity contribution < 1.29 is 13.7 Å². The first-order valence-corrected chi connectivity index (χ1v) is 13.7. The van der Waals surface area contributed by atoms with Crippen LogP contribution in [0.2, 0.25) is 0 Å². The van der Waals surface area contributed by atoms with Crippen LogP contribution in [-0.2, 0) is 7.05 Å². The maximum Gasteiger partial charge on any atom is 0.352 e. The summed E-state index contributed by atoms with van der Waals surface area (Å²) < 4.78 is 19.5. The van der Waals surface area contributed by atoms with Crippen molar-refractivity contribution in [1.82, 2.24) is 14.1 Å². The molecule has 1 spiro atoms. The summed E-state index contributed by atoms with van der Waals surface area (Å²) >= 11 is 1.87. The van der Waals surface area contributed by atoms with Gasteiger partial charge < -0.3 is 4.74 Å². The Morgan fingerprint density at radius 2 is 1.61 bits per heavy atom. The van der Waals surface area contributed by atoms with Crippen molar-refractivity contribution in [2.75, 3.05) is 0 Å². The standard InChI is InChI=1S/C31H18N5OS/c1-32-20-10-2-3-11-21(20)35-30(32)19-8-4-12-22-28(19)36(35)29-23(37-22)14-15-25-27(29)34-26-17(7-5-13-24(26)38-25)18-9-6-16-33(36)31(18)34/h2-16H,1H3/q+3. The van der Waals surface area contributed by atoms with Crippen LogP contribution in [0.1, 0.15) is 0 Å². The largest absolute Gasteiger partial charge is 0.444 e. The average Bonchev–Trinajstić information content (AvgIpc) is 3.57. The van der Waals surface area contributed by atoms with Crippen molar-refractivity contribution in [1.29, 1.82) is 0 Å². The highest BCUT2D eigenvalue weighted by molar-refractivity contribution is 7.24. The van der Waals surface area contributed by atoms with Crippen LogP contribution in [0.5, 0.6) is 11.5 Å². The molecule has 7 heterocycles. The molecule has 0 fully saturated rings. The fraction of sp³-hybridized carbons (Fsp3) is 0.0323. The van der Waals surface area contributed by atoms with Crippen LogP contribution in [0.15, 0.2) is 91.1 Å². The number of aromatic nitrogens is 4. The normalized spacial score (nSPS) is 17.9. The van der Waals surface area contributed by atoms with E-state index in [2.05, 4.69) is 116 Å². The number of nitrogens with zero attached hydrogens (tertiary/aromatic N) is 5. The first-order chi connectivity index (χ1) is 18.8. The van der Waals surface area contributed by atoms with E-state index in [0.29, 0.717) is 4.70 Å². The molecule has 4 aromatic carbocycles. The molecule has 7 heteroatoms. The van der Waals surface area contributed by atoms with E-state index in [0.717, 1.165) is 22.9 Å². The minimum Gasteiger partial charge on any atom is -0.444 e. The zero-order valence-electron chi connectivity index (χ0n) is 20.2. The van der Waals surface area contributed by atoms with Crippen molar-refractivity contribution >= 4 is 70.6 Å². The number of ether oxygens (including phenoxy) is 1. The Bertz CT molecular complexity index is 2460. The van der Waals surface area contributed by atoms with Gasteiger partial charge in [-0.3, -0.25) is 0 Å². The molecule has 0 radical (unpaired) electrons. The summed E-state index contributed by atoms with van der Waals surface area (Å²) in [6.07, 6.45) is 2.25. The van der Waals surface area contributed by atoms with Gasteiger partial charge >= 0.3 is 17.2 Å². The summed E-state index contributed by atoms with van der Waals surface area (Å²) in [5.74, 6) is 2.98. The van der Waals surface area contributed by atoms with E-state index in [9.17, 15) is 0 Å². The van der Waals surface area contributed by atoms with Gasteiger partial charge in [-0.25, -0.2) is 4.57 Å². The number of para-hydroxylation sites is 4. The summed E-state index contributed by atoms with van der Waals surface area (Å²) in [6.45, 7) is 0. The fourth-order valence-electron chi connectivity index (χ4n) is 7.61. The van der Waals surface area contributed by atoms with Crippen molar-refractivity contribution in [3.05, 3.63) is 91.1 Å². The average molecular weight is 509 g/mol. The number of imidazole rings is 1. The van der Waals surface area contributed by atoms with Crippen molar-refractivity contribution in [2.45, 2.75) is 0 Å². The van der Waals surface area contributed by atoms with Crippen LogP contribution in [-0.4, -0.2) is 9.35 Å². The molecule has 0 aliphatic carbocycles. The van der Waals surface area contributed by atoms with E-state index in [1.165, 1.54) is 59.3 Å². The minimum absolute atomic E-state index is 0.407. The number of fused-ring (bicyclic) bond motifs is 5. The number of aryl methyl sites for hydroxylation is 1. The van der Waals surface area contributed by atoms with Crippen molar-refractivity contribution in [3.8, 4) is 22.9 Å². The summed E-state index contributed by atoms with van der Waals surface area (Å²) in [5, 5.41) is 2.55. The van der Waals surface area contributed by atoms with Gasteiger partial charge in [0, 0.05) is 10.1 Å². The fourth-order valence-corrected chi connectivity index (χ4v) is 8.71. The lowest BCUT2D eigenvalue weighted by Crippen LogP contribution is -2.56. The lowest BCUT2D eigenvalue weighted by Gasteiger charge is -2.32. The van der Waals surface area contributed by atoms with E-state index in [-0.39, 0.29) is 0 Å². The van der Waals surface area contributed by atoms with Crippen LogP contribution in [0.25, 0.3) is 59.3 Å². The summed E-state index contributed by atoms with van der Waals surface area (Å²) in [4.78, 5) is 0. The molecule has 0 bridgehead atoms. The summed E-state index contributed by atoms with van der Waals surface area (Å²) in [7, 11) is 2.18. The van der Waals surface area contributed by atoms with Crippen LogP contribution in [0.3, 0.4) is 0 Å². The smallest absolute Gasteiger partial charge is 0.352 e. The maximum absolute atomic E-state index is 6.76. The zero-order chi connectivity index (χ0) is 24.5. The third-order valence-corrected chi connectivity index (χ3v) is 9.97. The van der Waals surface area contributed by atoms with E-state index in [1.54, 1.807) is 0 Å². The Kier molecular flexibility index (Phi) is 2.72. The predicted octanol–water partition coefficient (Wildman–Crippen LogP) is 6.49. The highest BCUT2D eigenvalue weighted by atomic mass is 32.1. The van der Waals surface area contributed by atoms with Gasteiger partial charge in [0.2, 0.25) is 16.8 Å². The predicted molar refractivity (Wildman–Crippen MR) is 149 cm³/mol. The molecule has 1 atom stereocenters. The monoisotopic (exact) mass is 508 g/mol. The molecule has 1 unspecified atom stereocenters. The topological polar surface area (TPSA) is 27.1 Å². The van der Waals surface area contributed by atoms with Crippen molar-refractivity contribution in [3.63, 3.8) is 0 Å². The van der Waals surface area contributed by atoms with Gasteiger partial charge in [0.25, 0.3) is 5.69 Å². The first-order valence-electron chi connectivity index (χ1n) is 12.8. The van der Waals surface area contributed by atoms with Gasteiger partial charge in [-0.05, 0) is 65.3 Å². The van der Waals surface area contributed by atoms with E-state index >= 15 is 0 Å². The number of hydrogen-bond donors (Lipinski definition) is 0. The molecule has 3 aliphatic rings. The molecular weight excluding hydrogens is 490 g/mol. The maximum atomic E-state index is 6.76. The Morgan fingerprint density at radius 3 is 2.58 bits per heavy atom. The molecule has 4 aromatic heterocycles.